The lowest BCUT2D eigenvalue weighted by Gasteiger charge is -2.23. The van der Waals surface area contributed by atoms with Gasteiger partial charge in [0, 0.05) is 58.5 Å². The number of rotatable bonds is 12. The van der Waals surface area contributed by atoms with E-state index in [1.807, 2.05) is 0 Å². The minimum Gasteiger partial charge on any atom is -0.473 e. The Balaban J connectivity index is 0.000000960. The van der Waals surface area contributed by atoms with Crippen LogP contribution in [0.4, 0.5) is 11.5 Å². The zero-order valence-corrected chi connectivity index (χ0v) is 20.1. The third kappa shape index (κ3) is 10.1. The predicted octanol–water partition coefficient (Wildman–Crippen LogP) is -0.123. The zero-order valence-electron chi connectivity index (χ0n) is 20.1. The van der Waals surface area contributed by atoms with E-state index in [0.29, 0.717) is 25.3 Å². The van der Waals surface area contributed by atoms with Gasteiger partial charge in [0.2, 0.25) is 0 Å². The summed E-state index contributed by atoms with van der Waals surface area (Å²) >= 11 is 0. The highest BCUT2D eigenvalue weighted by Gasteiger charge is 2.09. The first-order chi connectivity index (χ1) is 17.0. The van der Waals surface area contributed by atoms with Crippen molar-refractivity contribution in [2.45, 2.75) is 19.3 Å². The van der Waals surface area contributed by atoms with Crippen molar-refractivity contribution in [1.82, 2.24) is 14.0 Å². The number of aliphatic hydroxyl groups excluding tert-OH is 1. The Morgan fingerprint density at radius 2 is 1.58 bits per heavy atom. The number of nitrogens with one attached hydrogen (secondary N) is 1. The number of benzene rings is 1. The number of aromatic nitrogens is 2. The van der Waals surface area contributed by atoms with Crippen molar-refractivity contribution in [3.63, 3.8) is 0 Å². The van der Waals surface area contributed by atoms with Crippen molar-refractivity contribution in [2.75, 3.05) is 38.1 Å². The van der Waals surface area contributed by atoms with E-state index in [0.717, 1.165) is 36.1 Å². The summed E-state index contributed by atoms with van der Waals surface area (Å²) in [4.78, 5) is 54.5. The van der Waals surface area contributed by atoms with Crippen LogP contribution < -0.4 is 16.6 Å². The Morgan fingerprint density at radius 3 is 2.11 bits per heavy atom. The smallest absolute Gasteiger partial charge is 0.414 e. The molecule has 0 saturated heterocycles. The summed E-state index contributed by atoms with van der Waals surface area (Å²) in [5, 5.41) is 37.8. The van der Waals surface area contributed by atoms with Crippen molar-refractivity contribution >= 4 is 23.4 Å². The number of carboxylic acids is 2. The molecule has 36 heavy (non-hydrogen) atoms. The van der Waals surface area contributed by atoms with Gasteiger partial charge in [0.15, 0.2) is 0 Å². The number of hydrogen-bond acceptors (Lipinski definition) is 9. The first-order valence-corrected chi connectivity index (χ1v) is 11.0. The summed E-state index contributed by atoms with van der Waals surface area (Å²) in [7, 11) is 3.05. The third-order valence-corrected chi connectivity index (χ3v) is 5.16. The largest absolute Gasteiger partial charge is 0.473 e. The highest BCUT2D eigenvalue weighted by molar-refractivity contribution is 6.27. The van der Waals surface area contributed by atoms with Crippen LogP contribution in [0.15, 0.2) is 39.9 Å². The molecule has 1 aromatic carbocycles. The number of aliphatic hydroxyl groups is 1. The molecule has 2 rings (SSSR count). The fourth-order valence-corrected chi connectivity index (χ4v) is 3.17. The second kappa shape index (κ2) is 15.1. The van der Waals surface area contributed by atoms with Crippen LogP contribution in [-0.4, -0.2) is 79.0 Å². The number of carboxylic acid groups (broad SMARTS) is 2. The van der Waals surface area contributed by atoms with Crippen LogP contribution in [0.25, 0.3) is 0 Å². The van der Waals surface area contributed by atoms with Crippen LogP contribution in [0.2, 0.25) is 0 Å². The molecule has 1 heterocycles. The van der Waals surface area contributed by atoms with Gasteiger partial charge in [0.25, 0.3) is 11.2 Å². The highest BCUT2D eigenvalue weighted by Crippen LogP contribution is 2.13. The average Bonchev–Trinajstić information content (AvgIpc) is 2.84. The predicted molar refractivity (Wildman–Crippen MR) is 130 cm³/mol. The van der Waals surface area contributed by atoms with Gasteiger partial charge in [-0.3, -0.25) is 24.0 Å². The summed E-state index contributed by atoms with van der Waals surface area (Å²) in [6, 6.07) is 7.96. The fraction of sp³-hybridized carbons (Fsp3) is 0.455. The van der Waals surface area contributed by atoms with Crippen molar-refractivity contribution < 1.29 is 29.8 Å². The van der Waals surface area contributed by atoms with Crippen LogP contribution in [0.5, 0.6) is 0 Å². The highest BCUT2D eigenvalue weighted by atomic mass is 16.6. The Morgan fingerprint density at radius 1 is 1.00 bits per heavy atom. The van der Waals surface area contributed by atoms with Gasteiger partial charge in [-0.25, -0.2) is 14.4 Å². The molecule has 4 N–H and O–H groups in total. The summed E-state index contributed by atoms with van der Waals surface area (Å²) in [5.41, 5.74) is 0.376. The van der Waals surface area contributed by atoms with E-state index in [2.05, 4.69) is 10.2 Å². The molecular formula is C22H31N5O9. The molecule has 0 aliphatic carbocycles. The lowest BCUT2D eigenvalue weighted by Crippen LogP contribution is -2.38. The van der Waals surface area contributed by atoms with E-state index in [1.54, 1.807) is 19.2 Å². The SMILES string of the molecule is Cn1c(NCCN(CCCO)CCCc2ccc([N+](=O)[O-])cc2)cc(=O)n(C)c1=O.O=C(O)C(=O)O. The van der Waals surface area contributed by atoms with Gasteiger partial charge in [0.1, 0.15) is 5.82 Å². The maximum atomic E-state index is 12.0. The van der Waals surface area contributed by atoms with Crippen molar-refractivity contribution in [3.8, 4) is 0 Å². The van der Waals surface area contributed by atoms with E-state index in [4.69, 9.17) is 24.9 Å². The van der Waals surface area contributed by atoms with Gasteiger partial charge in [0.05, 0.1) is 4.92 Å². The molecule has 0 aliphatic heterocycles. The van der Waals surface area contributed by atoms with Crippen molar-refractivity contribution in [1.29, 1.82) is 0 Å². The van der Waals surface area contributed by atoms with Gasteiger partial charge in [-0.05, 0) is 31.4 Å². The quantitative estimate of drug-likeness (QED) is 0.169. The van der Waals surface area contributed by atoms with Crippen LogP contribution in [0.1, 0.15) is 18.4 Å². The topological polar surface area (TPSA) is 197 Å². The Hall–Kier alpha value is -4.04. The number of hydrogen-bond donors (Lipinski definition) is 4. The number of aliphatic carboxylic acids is 2. The molecule has 14 nitrogen and oxygen atoms in total. The molecule has 0 unspecified atom stereocenters. The average molecular weight is 510 g/mol. The zero-order chi connectivity index (χ0) is 27.3. The molecule has 0 amide bonds. The molecular weight excluding hydrogens is 478 g/mol. The standard InChI is InChI=1S/C20H29N5O5.C2H2O4/c1-22-18(15-19(27)23(2)20(22)28)21-10-13-24(12-4-14-26)11-3-5-16-6-8-17(9-7-16)25(29)30;3-1(4)2(5)6/h6-9,15,21,26H,3-5,10-14H2,1-2H3;(H,3,4)(H,5,6). The molecule has 1 aromatic heterocycles. The summed E-state index contributed by atoms with van der Waals surface area (Å²) in [6.45, 7) is 2.87. The molecule has 0 aliphatic rings. The number of carbonyl (C=O) groups is 2. The summed E-state index contributed by atoms with van der Waals surface area (Å²) in [5.74, 6) is -3.18. The Bertz CT molecular complexity index is 1130. The fourth-order valence-electron chi connectivity index (χ4n) is 3.17. The van der Waals surface area contributed by atoms with Crippen molar-refractivity contribution in [2.24, 2.45) is 14.1 Å². The maximum absolute atomic E-state index is 12.0. The van der Waals surface area contributed by atoms with Gasteiger partial charge >= 0.3 is 17.6 Å². The van der Waals surface area contributed by atoms with E-state index in [-0.39, 0.29) is 23.5 Å². The lowest BCUT2D eigenvalue weighted by atomic mass is 10.1. The van der Waals surface area contributed by atoms with E-state index in [1.165, 1.54) is 29.8 Å². The first kappa shape index (κ1) is 30.0. The monoisotopic (exact) mass is 509 g/mol. The molecule has 0 saturated carbocycles. The lowest BCUT2D eigenvalue weighted by molar-refractivity contribution is -0.384. The first-order valence-electron chi connectivity index (χ1n) is 11.0. The number of nitro benzene ring substituents is 1. The van der Waals surface area contributed by atoms with Crippen molar-refractivity contribution in [3.05, 3.63) is 66.8 Å². The van der Waals surface area contributed by atoms with Gasteiger partial charge in [-0.15, -0.1) is 0 Å². The van der Waals surface area contributed by atoms with Gasteiger partial charge < -0.3 is 25.5 Å². The minimum atomic E-state index is -1.82. The Kier molecular flexibility index (Phi) is 12.5. The molecule has 0 atom stereocenters. The molecule has 0 fully saturated rings. The maximum Gasteiger partial charge on any atom is 0.414 e. The number of nitro groups is 1. The van der Waals surface area contributed by atoms with Gasteiger partial charge in [-0.2, -0.15) is 0 Å². The molecule has 0 spiro atoms. The van der Waals surface area contributed by atoms with Crippen LogP contribution in [0, 0.1) is 10.1 Å². The second-order valence-corrected chi connectivity index (χ2v) is 7.75. The summed E-state index contributed by atoms with van der Waals surface area (Å²) in [6.07, 6.45) is 2.32. The molecule has 14 heteroatoms. The number of non-ortho nitro benzene ring substituents is 1. The molecule has 0 radical (unpaired) electrons. The number of nitrogens with zero attached hydrogens (tertiary/aromatic N) is 4. The normalized spacial score (nSPS) is 10.4. The summed E-state index contributed by atoms with van der Waals surface area (Å²) < 4.78 is 2.45. The number of aryl methyl sites for hydroxylation is 1. The van der Waals surface area contributed by atoms with E-state index >= 15 is 0 Å². The molecule has 2 aromatic rings. The van der Waals surface area contributed by atoms with Crippen LogP contribution >= 0.6 is 0 Å². The molecule has 198 valence electrons. The van der Waals surface area contributed by atoms with E-state index < -0.39 is 16.9 Å². The molecule has 0 bridgehead atoms. The minimum absolute atomic E-state index is 0.0829. The number of anilines is 1. The van der Waals surface area contributed by atoms with Crippen LogP contribution in [0.3, 0.4) is 0 Å². The van der Waals surface area contributed by atoms with Crippen LogP contribution in [-0.2, 0) is 30.1 Å². The Labute approximate surface area is 206 Å². The van der Waals surface area contributed by atoms with E-state index in [9.17, 15) is 19.7 Å². The second-order valence-electron chi connectivity index (χ2n) is 7.75. The van der Waals surface area contributed by atoms with Gasteiger partial charge in [-0.1, -0.05) is 12.1 Å². The third-order valence-electron chi connectivity index (χ3n) is 5.16.